The number of ether oxygens (including phenoxy) is 3. The van der Waals surface area contributed by atoms with Crippen LogP contribution in [-0.2, 0) is 16.1 Å². The Hall–Kier alpha value is -3.61. The fourth-order valence-corrected chi connectivity index (χ4v) is 7.38. The van der Waals surface area contributed by atoms with Gasteiger partial charge >= 0.3 is 6.01 Å². The molecule has 3 saturated heterocycles. The van der Waals surface area contributed by atoms with Crippen molar-refractivity contribution in [1.29, 1.82) is 5.41 Å². The molecular formula is C33H40ClF2N7O3. The third-order valence-electron chi connectivity index (χ3n) is 9.36. The van der Waals surface area contributed by atoms with Gasteiger partial charge in [-0.05, 0) is 68.2 Å². The van der Waals surface area contributed by atoms with Crippen LogP contribution < -0.4 is 15.4 Å². The number of alkyl halides is 1. The molecule has 1 aliphatic carbocycles. The van der Waals surface area contributed by atoms with Crippen molar-refractivity contribution in [3.8, 4) is 6.01 Å². The van der Waals surface area contributed by atoms with Crippen molar-refractivity contribution in [3.63, 3.8) is 0 Å². The number of nitrogen functional groups attached to an aromatic ring is 1. The molecule has 0 bridgehead atoms. The van der Waals surface area contributed by atoms with Gasteiger partial charge in [0.2, 0.25) is 5.90 Å². The molecule has 4 fully saturated rings. The van der Waals surface area contributed by atoms with E-state index in [0.717, 1.165) is 49.8 Å². The molecule has 6 rings (SSSR count). The summed E-state index contributed by atoms with van der Waals surface area (Å²) in [5.74, 6) is 0.684. The minimum Gasteiger partial charge on any atom is -0.480 e. The van der Waals surface area contributed by atoms with Crippen LogP contribution in [0.3, 0.4) is 0 Å². The maximum Gasteiger partial charge on any atom is 0.318 e. The molecule has 0 spiro atoms. The van der Waals surface area contributed by atoms with Crippen molar-refractivity contribution < 1.29 is 23.0 Å². The number of aromatic nitrogens is 2. The lowest BCUT2D eigenvalue weighted by Gasteiger charge is -2.31. The summed E-state index contributed by atoms with van der Waals surface area (Å²) in [7, 11) is 1.45. The third-order valence-corrected chi connectivity index (χ3v) is 9.67. The van der Waals surface area contributed by atoms with E-state index in [9.17, 15) is 8.78 Å². The summed E-state index contributed by atoms with van der Waals surface area (Å²) in [5, 5.41) is 8.58. The minimum atomic E-state index is -0.935. The highest BCUT2D eigenvalue weighted by Crippen LogP contribution is 2.48. The van der Waals surface area contributed by atoms with Crippen LogP contribution in [0.15, 0.2) is 29.5 Å². The highest BCUT2D eigenvalue weighted by atomic mass is 35.5. The van der Waals surface area contributed by atoms with E-state index >= 15 is 0 Å². The number of hydrogen-bond donors (Lipinski definition) is 2. The molecule has 46 heavy (non-hydrogen) atoms. The van der Waals surface area contributed by atoms with Gasteiger partial charge in [0.25, 0.3) is 0 Å². The molecule has 10 nitrogen and oxygen atoms in total. The number of methoxy groups -OCH3 is 1. The molecule has 3 aliphatic heterocycles. The molecule has 2 aromatic rings. The zero-order chi connectivity index (χ0) is 32.4. The number of nitrogens with one attached hydrogen (secondary N) is 1. The summed E-state index contributed by atoms with van der Waals surface area (Å²) < 4.78 is 46.2. The minimum absolute atomic E-state index is 0.0366. The fourth-order valence-electron chi connectivity index (χ4n) is 7.01. The lowest BCUT2D eigenvalue weighted by atomic mass is 9.94. The summed E-state index contributed by atoms with van der Waals surface area (Å²) in [5.41, 5.74) is 9.50. The van der Waals surface area contributed by atoms with E-state index in [-0.39, 0.29) is 46.9 Å². The molecule has 1 saturated carbocycles. The van der Waals surface area contributed by atoms with Gasteiger partial charge in [0.05, 0.1) is 37.0 Å². The summed E-state index contributed by atoms with van der Waals surface area (Å²) in [6.45, 7) is 7.16. The van der Waals surface area contributed by atoms with Crippen molar-refractivity contribution in [2.45, 2.75) is 56.7 Å². The van der Waals surface area contributed by atoms with Crippen molar-refractivity contribution in [2.75, 3.05) is 63.7 Å². The lowest BCUT2D eigenvalue weighted by Crippen LogP contribution is -2.43. The first-order valence-electron chi connectivity index (χ1n) is 15.7. The van der Waals surface area contributed by atoms with Gasteiger partial charge in [-0.2, -0.15) is 9.97 Å². The monoisotopic (exact) mass is 655 g/mol. The Morgan fingerprint density at radius 1 is 1.26 bits per heavy atom. The van der Waals surface area contributed by atoms with Gasteiger partial charge in [-0.3, -0.25) is 4.90 Å². The molecule has 3 N–H and O–H groups in total. The quantitative estimate of drug-likeness (QED) is 0.187. The van der Waals surface area contributed by atoms with Crippen molar-refractivity contribution in [3.05, 3.63) is 57.5 Å². The van der Waals surface area contributed by atoms with E-state index in [1.165, 1.54) is 13.3 Å². The van der Waals surface area contributed by atoms with Gasteiger partial charge in [0.1, 0.15) is 24.7 Å². The van der Waals surface area contributed by atoms with Gasteiger partial charge < -0.3 is 30.3 Å². The molecule has 0 amide bonds. The fraction of sp³-hybridized carbons (Fsp3) is 0.515. The summed E-state index contributed by atoms with van der Waals surface area (Å²) >= 11 is 6.66. The van der Waals surface area contributed by atoms with Crippen LogP contribution >= 0.6 is 11.6 Å². The maximum absolute atomic E-state index is 15.0. The number of aliphatic imine (C=N–C) groups is 1. The van der Waals surface area contributed by atoms with E-state index in [1.807, 2.05) is 4.90 Å². The third kappa shape index (κ3) is 6.22. The molecule has 4 heterocycles. The first-order valence-corrected chi connectivity index (χ1v) is 16.1. The van der Waals surface area contributed by atoms with Gasteiger partial charge in [-0.1, -0.05) is 18.2 Å². The molecular weight excluding hydrogens is 616 g/mol. The van der Waals surface area contributed by atoms with Crippen LogP contribution in [-0.4, -0.2) is 85.6 Å². The predicted octanol–water partition coefficient (Wildman–Crippen LogP) is 5.82. The Kier molecular flexibility index (Phi) is 9.58. The Bertz CT molecular complexity index is 1570. The molecule has 13 heteroatoms. The summed E-state index contributed by atoms with van der Waals surface area (Å²) in [6.07, 6.45) is 6.95. The number of benzene rings is 1. The lowest BCUT2D eigenvalue weighted by molar-refractivity contribution is 0.107. The molecule has 1 atom stereocenters. The van der Waals surface area contributed by atoms with Crippen LogP contribution in [0, 0.1) is 5.41 Å². The van der Waals surface area contributed by atoms with Gasteiger partial charge in [-0.15, -0.1) is 0 Å². The first-order chi connectivity index (χ1) is 22.3. The zero-order valence-electron chi connectivity index (χ0n) is 26.1. The van der Waals surface area contributed by atoms with Crippen LogP contribution in [0.2, 0.25) is 5.02 Å². The Labute approximate surface area is 272 Å². The van der Waals surface area contributed by atoms with Crippen LogP contribution in [0.25, 0.3) is 5.70 Å². The number of halogens is 3. The number of nitrogens with zero attached hydrogens (tertiary/aromatic N) is 5. The average molecular weight is 656 g/mol. The number of rotatable bonds is 10. The van der Waals surface area contributed by atoms with Crippen molar-refractivity contribution in [1.82, 2.24) is 14.9 Å². The van der Waals surface area contributed by atoms with Gasteiger partial charge in [0, 0.05) is 54.3 Å². The second-order valence-electron chi connectivity index (χ2n) is 12.4. The normalized spacial score (nSPS) is 23.0. The number of fused-ring (bicyclic) bond motifs is 1. The molecule has 1 aromatic heterocycles. The molecule has 4 aliphatic rings. The smallest absolute Gasteiger partial charge is 0.318 e. The van der Waals surface area contributed by atoms with E-state index in [4.69, 9.17) is 46.9 Å². The largest absolute Gasteiger partial charge is 0.480 e. The average Bonchev–Trinajstić information content (AvgIpc) is 3.79. The van der Waals surface area contributed by atoms with Gasteiger partial charge in [0.15, 0.2) is 0 Å². The topological polar surface area (TPSA) is 122 Å². The standard InChI is InChI=1S/C33H40ClF2N7O3/c1-20(27-23(17-37)25(38)13-24(34)28(27)22-5-6-22)39-31(44-2)29-26(16-36)40-32(41-30(29)42-8-4-11-45-12-10-42)46-19-33-7-3-9-43(33)18-21(14-33)15-35/h13,15,17,22,37H,1,3-12,14,16,18-19,38H2,2H3/b21-15-,37-17?,39-31?. The maximum atomic E-state index is 15.0. The van der Waals surface area contributed by atoms with Gasteiger partial charge in [-0.25, -0.2) is 13.8 Å². The number of nitrogens with two attached hydrogens (primary N) is 1. The Balaban J connectivity index is 1.41. The molecule has 1 unspecified atom stereocenters. The Morgan fingerprint density at radius 2 is 2.09 bits per heavy atom. The number of anilines is 2. The SMILES string of the molecule is C=C(N=C(OC)c1c(CF)nc(OCC23CCCN2C/C(=C\F)C3)nc1N1CCCOCC1)c1c(C=N)c(N)cc(Cl)c1C1CC1. The van der Waals surface area contributed by atoms with E-state index in [2.05, 4.69) is 16.5 Å². The van der Waals surface area contributed by atoms with Crippen molar-refractivity contribution >= 4 is 40.9 Å². The Morgan fingerprint density at radius 3 is 2.80 bits per heavy atom. The number of hydrogen-bond acceptors (Lipinski definition) is 10. The molecule has 246 valence electrons. The van der Waals surface area contributed by atoms with E-state index in [1.54, 1.807) is 6.07 Å². The highest BCUT2D eigenvalue weighted by molar-refractivity contribution is 6.32. The second kappa shape index (κ2) is 13.6. The van der Waals surface area contributed by atoms with E-state index < -0.39 is 6.67 Å². The van der Waals surface area contributed by atoms with Crippen molar-refractivity contribution in [2.24, 2.45) is 4.99 Å². The summed E-state index contributed by atoms with van der Waals surface area (Å²) in [4.78, 5) is 18.3. The second-order valence-corrected chi connectivity index (χ2v) is 12.8. The van der Waals surface area contributed by atoms with Crippen LogP contribution in [0.4, 0.5) is 20.3 Å². The van der Waals surface area contributed by atoms with Crippen LogP contribution in [0.5, 0.6) is 6.01 Å². The first kappa shape index (κ1) is 32.3. The molecule has 0 radical (unpaired) electrons. The predicted molar refractivity (Wildman–Crippen MR) is 176 cm³/mol. The molecule has 1 aromatic carbocycles. The zero-order valence-corrected chi connectivity index (χ0v) is 26.8. The summed E-state index contributed by atoms with van der Waals surface area (Å²) in [6, 6.07) is 1.69. The van der Waals surface area contributed by atoms with Crippen LogP contribution in [0.1, 0.15) is 72.4 Å². The van der Waals surface area contributed by atoms with E-state index in [0.29, 0.717) is 73.3 Å². The highest BCUT2D eigenvalue weighted by Gasteiger charge is 2.47.